The Morgan fingerprint density at radius 2 is 2.06 bits per heavy atom. The van der Waals surface area contributed by atoms with Gasteiger partial charge in [-0.2, -0.15) is 0 Å². The normalized spacial score (nSPS) is 11.9. The summed E-state index contributed by atoms with van der Waals surface area (Å²) in [5, 5.41) is 20.5. The molecule has 0 aromatic heterocycles. The lowest BCUT2D eigenvalue weighted by atomic mass is 9.99. The molecule has 1 N–H and O–H groups in total. The van der Waals surface area contributed by atoms with Gasteiger partial charge < -0.3 is 5.11 Å². The van der Waals surface area contributed by atoms with Crippen molar-refractivity contribution in [3.63, 3.8) is 0 Å². The van der Waals surface area contributed by atoms with E-state index < -0.39 is 16.8 Å². The summed E-state index contributed by atoms with van der Waals surface area (Å²) in [6, 6.07) is 5.72. The minimum Gasteiger partial charge on any atom is -0.383 e. The van der Waals surface area contributed by atoms with Crippen molar-refractivity contribution in [2.75, 3.05) is 0 Å². The van der Waals surface area contributed by atoms with Crippen LogP contribution in [-0.4, -0.2) is 15.8 Å². The number of carbonyl (C=O) groups is 1. The predicted molar refractivity (Wildman–Crippen MR) is 57.9 cm³/mol. The van der Waals surface area contributed by atoms with Gasteiger partial charge in [0.05, 0.1) is 10.5 Å². The van der Waals surface area contributed by atoms with Crippen molar-refractivity contribution in [1.29, 1.82) is 0 Å². The summed E-state index contributed by atoms with van der Waals surface area (Å²) in [5.41, 5.74) is -0.209. The number of Topliss-reactive ketones (excluding diaryl/α,β-unsaturated/α-hetero) is 1. The van der Waals surface area contributed by atoms with Crippen LogP contribution in [0.5, 0.6) is 0 Å². The molecular formula is C11H11NO4. The van der Waals surface area contributed by atoms with Crippen molar-refractivity contribution in [2.45, 2.75) is 13.0 Å². The number of carbonyl (C=O) groups excluding carboxylic acids is 1. The molecule has 0 amide bonds. The van der Waals surface area contributed by atoms with Gasteiger partial charge in [-0.3, -0.25) is 14.9 Å². The molecule has 0 spiro atoms. The lowest BCUT2D eigenvalue weighted by Crippen LogP contribution is -2.09. The largest absolute Gasteiger partial charge is 0.383 e. The van der Waals surface area contributed by atoms with Crippen molar-refractivity contribution >= 4 is 11.5 Å². The maximum absolute atomic E-state index is 11.0. The van der Waals surface area contributed by atoms with Gasteiger partial charge in [0, 0.05) is 11.6 Å². The molecule has 0 unspecified atom stereocenters. The van der Waals surface area contributed by atoms with Crippen molar-refractivity contribution in [3.05, 3.63) is 52.1 Å². The zero-order valence-corrected chi connectivity index (χ0v) is 8.71. The van der Waals surface area contributed by atoms with Crippen molar-refractivity contribution in [2.24, 2.45) is 0 Å². The molecular weight excluding hydrogens is 210 g/mol. The first-order valence-electron chi connectivity index (χ1n) is 4.56. The third-order valence-corrected chi connectivity index (χ3v) is 2.21. The van der Waals surface area contributed by atoms with Crippen LogP contribution in [0.2, 0.25) is 0 Å². The number of ketones is 1. The van der Waals surface area contributed by atoms with Crippen LogP contribution in [0.25, 0.3) is 0 Å². The highest BCUT2D eigenvalue weighted by atomic mass is 16.6. The third kappa shape index (κ3) is 2.32. The molecule has 0 saturated carbocycles. The molecule has 0 radical (unpaired) electrons. The van der Waals surface area contributed by atoms with Gasteiger partial charge >= 0.3 is 0 Å². The van der Waals surface area contributed by atoms with Gasteiger partial charge in [-0.15, -0.1) is 0 Å². The maximum Gasteiger partial charge on any atom is 0.275 e. The lowest BCUT2D eigenvalue weighted by Gasteiger charge is -2.11. The average Bonchev–Trinajstić information content (AvgIpc) is 2.26. The van der Waals surface area contributed by atoms with Gasteiger partial charge in [-0.25, -0.2) is 0 Å². The predicted octanol–water partition coefficient (Wildman–Crippen LogP) is 1.77. The summed E-state index contributed by atoms with van der Waals surface area (Å²) >= 11 is 0. The molecule has 0 saturated heterocycles. The number of hydrogen-bond donors (Lipinski definition) is 1. The van der Waals surface area contributed by atoms with E-state index in [4.69, 9.17) is 0 Å². The highest BCUT2D eigenvalue weighted by molar-refractivity contribution is 5.93. The highest BCUT2D eigenvalue weighted by Crippen LogP contribution is 2.28. The molecule has 0 aliphatic carbocycles. The standard InChI is InChI=1S/C11H11NO4/c1-7(8(2)13)11(14)9-5-3-4-6-10(9)12(15)16/h3-6,11,14H,1H2,2H3/t11-/m1/s1. The summed E-state index contributed by atoms with van der Waals surface area (Å²) in [6.07, 6.45) is -1.33. The second kappa shape index (κ2) is 4.67. The summed E-state index contributed by atoms with van der Waals surface area (Å²) in [4.78, 5) is 21.1. The Hall–Kier alpha value is -2.01. The van der Waals surface area contributed by atoms with E-state index in [0.29, 0.717) is 0 Å². The molecule has 0 aliphatic rings. The molecule has 5 nitrogen and oxygen atoms in total. The molecule has 5 heteroatoms. The number of hydrogen-bond acceptors (Lipinski definition) is 4. The highest BCUT2D eigenvalue weighted by Gasteiger charge is 2.23. The van der Waals surface area contributed by atoms with Gasteiger partial charge in [0.25, 0.3) is 5.69 Å². The van der Waals surface area contributed by atoms with Crippen LogP contribution in [-0.2, 0) is 4.79 Å². The maximum atomic E-state index is 11.0. The fraction of sp³-hybridized carbons (Fsp3) is 0.182. The second-order valence-corrected chi connectivity index (χ2v) is 3.30. The SMILES string of the molecule is C=C(C(C)=O)[C@@H](O)c1ccccc1[N+](=O)[O-]. The minimum absolute atomic E-state index is 0.0608. The first-order valence-corrected chi connectivity index (χ1v) is 4.56. The topological polar surface area (TPSA) is 80.4 Å². The fourth-order valence-electron chi connectivity index (χ4n) is 1.27. The number of nitrogens with zero attached hydrogens (tertiary/aromatic N) is 1. The van der Waals surface area contributed by atoms with Crippen LogP contribution in [0.15, 0.2) is 36.4 Å². The van der Waals surface area contributed by atoms with E-state index >= 15 is 0 Å². The number of benzene rings is 1. The summed E-state index contributed by atoms with van der Waals surface area (Å²) in [7, 11) is 0. The first-order chi connectivity index (χ1) is 7.45. The van der Waals surface area contributed by atoms with E-state index in [1.54, 1.807) is 6.07 Å². The van der Waals surface area contributed by atoms with Crippen molar-refractivity contribution < 1.29 is 14.8 Å². The van der Waals surface area contributed by atoms with Gasteiger partial charge in [0.1, 0.15) is 6.10 Å². The van der Waals surface area contributed by atoms with E-state index in [1.165, 1.54) is 25.1 Å². The molecule has 1 rings (SSSR count). The number of nitro groups is 1. The summed E-state index contributed by atoms with van der Waals surface area (Å²) < 4.78 is 0. The Bertz CT molecular complexity index is 453. The van der Waals surface area contributed by atoms with Gasteiger partial charge in [0.15, 0.2) is 5.78 Å². The van der Waals surface area contributed by atoms with E-state index in [-0.39, 0.29) is 16.8 Å². The number of nitro benzene ring substituents is 1. The smallest absolute Gasteiger partial charge is 0.275 e. The molecule has 1 aromatic carbocycles. The number of rotatable bonds is 4. The Morgan fingerprint density at radius 3 is 2.56 bits per heavy atom. The molecule has 1 aromatic rings. The summed E-state index contributed by atoms with van der Waals surface area (Å²) in [6.45, 7) is 4.66. The van der Waals surface area contributed by atoms with Gasteiger partial charge in [-0.05, 0) is 13.0 Å². The molecule has 0 aliphatic heterocycles. The zero-order valence-electron chi connectivity index (χ0n) is 8.71. The van der Waals surface area contributed by atoms with Gasteiger partial charge in [-0.1, -0.05) is 18.7 Å². The van der Waals surface area contributed by atoms with Crippen LogP contribution in [0, 0.1) is 10.1 Å². The fourth-order valence-corrected chi connectivity index (χ4v) is 1.27. The monoisotopic (exact) mass is 221 g/mol. The lowest BCUT2D eigenvalue weighted by molar-refractivity contribution is -0.386. The van der Waals surface area contributed by atoms with E-state index in [9.17, 15) is 20.0 Å². The van der Waals surface area contributed by atoms with Gasteiger partial charge in [0.2, 0.25) is 0 Å². The summed E-state index contributed by atoms with van der Waals surface area (Å²) in [5.74, 6) is -0.398. The minimum atomic E-state index is -1.33. The van der Waals surface area contributed by atoms with Crippen LogP contribution < -0.4 is 0 Å². The Kier molecular flexibility index (Phi) is 3.52. The van der Waals surface area contributed by atoms with Crippen LogP contribution in [0.1, 0.15) is 18.6 Å². The molecule has 84 valence electrons. The number of aliphatic hydroxyl groups is 1. The van der Waals surface area contributed by atoms with Crippen LogP contribution in [0.3, 0.4) is 0 Å². The zero-order chi connectivity index (χ0) is 12.3. The molecule has 1 atom stereocenters. The van der Waals surface area contributed by atoms with Crippen LogP contribution in [0.4, 0.5) is 5.69 Å². The quantitative estimate of drug-likeness (QED) is 0.477. The Balaban J connectivity index is 3.18. The van der Waals surface area contributed by atoms with E-state index in [1.807, 2.05) is 0 Å². The molecule has 16 heavy (non-hydrogen) atoms. The molecule has 0 heterocycles. The molecule has 0 fully saturated rings. The second-order valence-electron chi connectivity index (χ2n) is 3.30. The number of para-hydroxylation sites is 1. The van der Waals surface area contributed by atoms with E-state index in [2.05, 4.69) is 6.58 Å². The Labute approximate surface area is 92.2 Å². The van der Waals surface area contributed by atoms with Crippen molar-refractivity contribution in [3.8, 4) is 0 Å². The Morgan fingerprint density at radius 1 is 1.50 bits per heavy atom. The average molecular weight is 221 g/mol. The first kappa shape index (κ1) is 12.1. The van der Waals surface area contributed by atoms with E-state index in [0.717, 1.165) is 0 Å². The van der Waals surface area contributed by atoms with Crippen molar-refractivity contribution in [1.82, 2.24) is 0 Å². The number of aliphatic hydroxyl groups excluding tert-OH is 1. The third-order valence-electron chi connectivity index (χ3n) is 2.21. The van der Waals surface area contributed by atoms with Crippen LogP contribution >= 0.6 is 0 Å². The molecule has 0 bridgehead atoms.